The molecule has 0 bridgehead atoms. The number of carbonyl (C=O) groups is 1. The van der Waals surface area contributed by atoms with Gasteiger partial charge in [-0.25, -0.2) is 17.8 Å². The number of sulfonamides is 1. The minimum absolute atomic E-state index is 0.00783. The van der Waals surface area contributed by atoms with Crippen molar-refractivity contribution in [1.29, 1.82) is 0 Å². The number of amides is 1. The van der Waals surface area contributed by atoms with Crippen molar-refractivity contribution < 1.29 is 44.8 Å². The van der Waals surface area contributed by atoms with Crippen LogP contribution in [0.5, 0.6) is 11.5 Å². The van der Waals surface area contributed by atoms with Crippen LogP contribution in [0.4, 0.5) is 34.9 Å². The Balaban J connectivity index is 1.72. The molecule has 10 nitrogen and oxygen atoms in total. The van der Waals surface area contributed by atoms with Crippen molar-refractivity contribution in [2.45, 2.75) is 24.6 Å². The van der Waals surface area contributed by atoms with Gasteiger partial charge in [-0.3, -0.25) is 14.4 Å². The molecule has 0 fully saturated rings. The number of alkyl halides is 3. The Morgan fingerprint density at radius 3 is 2.50 bits per heavy atom. The van der Waals surface area contributed by atoms with E-state index in [1.807, 2.05) is 0 Å². The summed E-state index contributed by atoms with van der Waals surface area (Å²) in [5.74, 6) is -2.07. The Bertz CT molecular complexity index is 1610. The highest BCUT2D eigenvalue weighted by Gasteiger charge is 2.31. The standard InChI is InChI=1S/C25H20F4N4O6S/c1-3-24(34)33(23-8-7-17(14-30-23)40(35,36)32-22-9-10-38-31-22)20-13-19(26)18(12-21(20)37-2)15-5-4-6-16(11-15)39-25(27,28)29/h4-14H,3H2,1-2H3,(H,31,32). The molecule has 2 heterocycles. The van der Waals surface area contributed by atoms with E-state index in [0.717, 1.165) is 29.3 Å². The van der Waals surface area contributed by atoms with Crippen LogP contribution in [0.2, 0.25) is 0 Å². The molecule has 40 heavy (non-hydrogen) atoms. The number of pyridine rings is 1. The molecule has 0 saturated heterocycles. The van der Waals surface area contributed by atoms with Gasteiger partial charge in [0.05, 0.1) is 12.8 Å². The molecule has 15 heteroatoms. The fourth-order valence-electron chi connectivity index (χ4n) is 3.63. The van der Waals surface area contributed by atoms with Crippen LogP contribution in [0.1, 0.15) is 13.3 Å². The molecule has 1 amide bonds. The molecule has 210 valence electrons. The molecule has 0 atom stereocenters. The first-order valence-corrected chi connectivity index (χ1v) is 12.9. The second-order valence-electron chi connectivity index (χ2n) is 8.00. The number of nitrogens with zero attached hydrogens (tertiary/aromatic N) is 3. The number of hydrogen-bond acceptors (Lipinski definition) is 8. The highest BCUT2D eigenvalue weighted by Crippen LogP contribution is 2.40. The van der Waals surface area contributed by atoms with Crippen molar-refractivity contribution in [3.63, 3.8) is 0 Å². The molecule has 0 aliphatic carbocycles. The SMILES string of the molecule is CCC(=O)N(c1ccc(S(=O)(=O)Nc2ccon2)cn1)c1cc(F)c(-c2cccc(OC(F)(F)F)c2)cc1OC. The molecule has 0 aliphatic rings. The first-order valence-electron chi connectivity index (χ1n) is 11.4. The first kappa shape index (κ1) is 28.4. The van der Waals surface area contributed by atoms with Crippen LogP contribution in [0, 0.1) is 5.82 Å². The van der Waals surface area contributed by atoms with Crippen molar-refractivity contribution in [3.8, 4) is 22.6 Å². The summed E-state index contributed by atoms with van der Waals surface area (Å²) in [5.41, 5.74) is -0.127. The fraction of sp³-hybridized carbons (Fsp3) is 0.160. The number of hydrogen-bond donors (Lipinski definition) is 1. The normalized spacial score (nSPS) is 11.7. The third-order valence-electron chi connectivity index (χ3n) is 5.38. The van der Waals surface area contributed by atoms with E-state index in [1.54, 1.807) is 6.92 Å². The van der Waals surface area contributed by atoms with E-state index in [1.165, 1.54) is 49.8 Å². The summed E-state index contributed by atoms with van der Waals surface area (Å²) < 4.78 is 94.7. The minimum atomic E-state index is -4.94. The van der Waals surface area contributed by atoms with Crippen molar-refractivity contribution in [2.24, 2.45) is 0 Å². The smallest absolute Gasteiger partial charge is 0.495 e. The summed E-state index contributed by atoms with van der Waals surface area (Å²) in [6, 6.07) is 10.6. The van der Waals surface area contributed by atoms with Gasteiger partial charge >= 0.3 is 6.36 Å². The molecular formula is C25H20F4N4O6S. The summed E-state index contributed by atoms with van der Waals surface area (Å²) in [5, 5.41) is 3.48. The van der Waals surface area contributed by atoms with Gasteiger partial charge in [0.1, 0.15) is 34.3 Å². The second kappa shape index (κ2) is 11.2. The van der Waals surface area contributed by atoms with Crippen LogP contribution >= 0.6 is 0 Å². The predicted octanol–water partition coefficient (Wildman–Crippen LogP) is 5.66. The third-order valence-corrected chi connectivity index (χ3v) is 6.72. The van der Waals surface area contributed by atoms with Gasteiger partial charge in [-0.1, -0.05) is 24.2 Å². The molecule has 0 unspecified atom stereocenters. The number of benzene rings is 2. The molecular weight excluding hydrogens is 560 g/mol. The van der Waals surface area contributed by atoms with E-state index in [9.17, 15) is 26.4 Å². The number of carbonyl (C=O) groups excluding carboxylic acids is 1. The highest BCUT2D eigenvalue weighted by molar-refractivity contribution is 7.92. The molecule has 4 rings (SSSR count). The minimum Gasteiger partial charge on any atom is -0.495 e. The van der Waals surface area contributed by atoms with Crippen LogP contribution in [-0.2, 0) is 14.8 Å². The average Bonchev–Trinajstić information content (AvgIpc) is 3.40. The van der Waals surface area contributed by atoms with Crippen LogP contribution in [-0.4, -0.2) is 37.9 Å². The van der Waals surface area contributed by atoms with Crippen molar-refractivity contribution >= 4 is 33.3 Å². The zero-order valence-electron chi connectivity index (χ0n) is 20.8. The second-order valence-corrected chi connectivity index (χ2v) is 9.69. The zero-order chi connectivity index (χ0) is 29.1. The van der Waals surface area contributed by atoms with Crippen molar-refractivity contribution in [2.75, 3.05) is 16.7 Å². The van der Waals surface area contributed by atoms with Crippen LogP contribution in [0.15, 0.2) is 76.5 Å². The Morgan fingerprint density at radius 1 is 1.12 bits per heavy atom. The van der Waals surface area contributed by atoms with Gasteiger partial charge in [-0.15, -0.1) is 13.2 Å². The van der Waals surface area contributed by atoms with Gasteiger partial charge in [0, 0.05) is 30.3 Å². The maximum Gasteiger partial charge on any atom is 0.573 e. The molecule has 2 aromatic heterocycles. The van der Waals surface area contributed by atoms with Gasteiger partial charge in [-0.2, -0.15) is 0 Å². The van der Waals surface area contributed by atoms with Crippen LogP contribution < -0.4 is 19.1 Å². The van der Waals surface area contributed by atoms with E-state index in [0.29, 0.717) is 0 Å². The summed E-state index contributed by atoms with van der Waals surface area (Å²) in [6.45, 7) is 1.55. The van der Waals surface area contributed by atoms with Crippen molar-refractivity contribution in [3.05, 3.63) is 72.9 Å². The van der Waals surface area contributed by atoms with Crippen LogP contribution in [0.25, 0.3) is 11.1 Å². The Kier molecular flexibility index (Phi) is 7.95. The Labute approximate surface area is 225 Å². The van der Waals surface area contributed by atoms with E-state index < -0.39 is 33.9 Å². The average molecular weight is 581 g/mol. The van der Waals surface area contributed by atoms with E-state index >= 15 is 4.39 Å². The van der Waals surface area contributed by atoms with Gasteiger partial charge in [0.2, 0.25) is 5.91 Å². The number of halogens is 4. The zero-order valence-corrected chi connectivity index (χ0v) is 21.6. The monoisotopic (exact) mass is 580 g/mol. The number of anilines is 3. The van der Waals surface area contributed by atoms with E-state index in [4.69, 9.17) is 4.74 Å². The maximum absolute atomic E-state index is 15.4. The largest absolute Gasteiger partial charge is 0.573 e. The van der Waals surface area contributed by atoms with Crippen LogP contribution in [0.3, 0.4) is 0 Å². The number of rotatable bonds is 9. The summed E-state index contributed by atoms with van der Waals surface area (Å²) in [7, 11) is -2.83. The molecule has 4 aromatic rings. The van der Waals surface area contributed by atoms with Crippen molar-refractivity contribution in [1.82, 2.24) is 10.1 Å². The number of aromatic nitrogens is 2. The Hall–Kier alpha value is -4.66. The number of nitrogens with one attached hydrogen (secondary N) is 1. The van der Waals surface area contributed by atoms with Gasteiger partial charge < -0.3 is 14.0 Å². The van der Waals surface area contributed by atoms with Gasteiger partial charge in [0.15, 0.2) is 5.82 Å². The lowest BCUT2D eigenvalue weighted by molar-refractivity contribution is -0.274. The lowest BCUT2D eigenvalue weighted by Crippen LogP contribution is -2.26. The topological polar surface area (TPSA) is 124 Å². The number of ether oxygens (including phenoxy) is 2. The Morgan fingerprint density at radius 2 is 1.90 bits per heavy atom. The molecule has 0 saturated carbocycles. The highest BCUT2D eigenvalue weighted by atomic mass is 32.2. The van der Waals surface area contributed by atoms with E-state index in [-0.39, 0.29) is 45.5 Å². The summed E-state index contributed by atoms with van der Waals surface area (Å²) in [6.07, 6.45) is -2.80. The third kappa shape index (κ3) is 6.31. The molecule has 0 radical (unpaired) electrons. The number of methoxy groups -OCH3 is 1. The lowest BCUT2D eigenvalue weighted by Gasteiger charge is -2.24. The summed E-state index contributed by atoms with van der Waals surface area (Å²) in [4.78, 5) is 17.8. The maximum atomic E-state index is 15.4. The van der Waals surface area contributed by atoms with E-state index in [2.05, 4.69) is 24.1 Å². The fourth-order valence-corrected chi connectivity index (χ4v) is 4.57. The predicted molar refractivity (Wildman–Crippen MR) is 134 cm³/mol. The van der Waals surface area contributed by atoms with Gasteiger partial charge in [-0.05, 0) is 35.9 Å². The molecule has 1 N–H and O–H groups in total. The molecule has 2 aromatic carbocycles. The first-order chi connectivity index (χ1) is 18.9. The molecule has 0 aliphatic heterocycles. The molecule has 0 spiro atoms. The lowest BCUT2D eigenvalue weighted by atomic mass is 10.0. The van der Waals surface area contributed by atoms with Gasteiger partial charge in [0.25, 0.3) is 10.0 Å². The summed E-state index contributed by atoms with van der Waals surface area (Å²) >= 11 is 0. The quantitative estimate of drug-likeness (QED) is 0.252.